The van der Waals surface area contributed by atoms with Crippen LogP contribution >= 0.6 is 0 Å². The van der Waals surface area contributed by atoms with Gasteiger partial charge in [0, 0.05) is 18.7 Å². The normalized spacial score (nSPS) is 19.9. The van der Waals surface area contributed by atoms with Gasteiger partial charge in [0.1, 0.15) is 11.9 Å². The van der Waals surface area contributed by atoms with Crippen molar-refractivity contribution < 1.29 is 14.3 Å². The average Bonchev–Trinajstić information content (AvgIpc) is 2.48. The molecule has 1 heterocycles. The van der Waals surface area contributed by atoms with Crippen molar-refractivity contribution in [1.82, 2.24) is 4.90 Å². The van der Waals surface area contributed by atoms with Crippen LogP contribution in [0.15, 0.2) is 12.1 Å². The molecule has 0 bridgehead atoms. The molecule has 0 amide bonds. The minimum atomic E-state index is -0.352. The molecule has 0 aliphatic carbocycles. The largest absolute Gasteiger partial charge is 0.496 e. The monoisotopic (exact) mass is 277 g/mol. The summed E-state index contributed by atoms with van der Waals surface area (Å²) in [6.45, 7) is 9.16. The van der Waals surface area contributed by atoms with Gasteiger partial charge in [-0.2, -0.15) is 0 Å². The van der Waals surface area contributed by atoms with Crippen LogP contribution in [0, 0.1) is 13.8 Å². The van der Waals surface area contributed by atoms with Gasteiger partial charge < -0.3 is 9.47 Å². The third kappa shape index (κ3) is 3.02. The van der Waals surface area contributed by atoms with Gasteiger partial charge in [0.05, 0.1) is 13.7 Å². The summed E-state index contributed by atoms with van der Waals surface area (Å²) in [6.07, 6.45) is -0.352. The van der Waals surface area contributed by atoms with Crippen LogP contribution in [0.1, 0.15) is 28.4 Å². The molecule has 4 heteroatoms. The number of ketones is 1. The van der Waals surface area contributed by atoms with Gasteiger partial charge in [-0.1, -0.05) is 6.92 Å². The van der Waals surface area contributed by atoms with E-state index in [1.165, 1.54) is 0 Å². The smallest absolute Gasteiger partial charge is 0.193 e. The fourth-order valence-electron chi connectivity index (χ4n) is 2.60. The summed E-state index contributed by atoms with van der Waals surface area (Å²) in [4.78, 5) is 14.9. The lowest BCUT2D eigenvalue weighted by Gasteiger charge is -2.31. The molecule has 0 radical (unpaired) electrons. The summed E-state index contributed by atoms with van der Waals surface area (Å²) in [5.74, 6) is 0.894. The molecule has 1 saturated heterocycles. The number of morpholine rings is 1. The molecule has 1 aliphatic rings. The van der Waals surface area contributed by atoms with Crippen LogP contribution < -0.4 is 4.74 Å². The first-order chi connectivity index (χ1) is 9.56. The molecular weight excluding hydrogens is 254 g/mol. The van der Waals surface area contributed by atoms with Crippen molar-refractivity contribution in [1.29, 1.82) is 0 Å². The van der Waals surface area contributed by atoms with Gasteiger partial charge in [0.25, 0.3) is 0 Å². The zero-order chi connectivity index (χ0) is 14.7. The molecule has 1 unspecified atom stereocenters. The molecule has 2 rings (SSSR count). The van der Waals surface area contributed by atoms with Crippen LogP contribution in [-0.2, 0) is 4.74 Å². The van der Waals surface area contributed by atoms with Crippen molar-refractivity contribution in [3.8, 4) is 5.75 Å². The topological polar surface area (TPSA) is 38.8 Å². The Morgan fingerprint density at radius 1 is 1.40 bits per heavy atom. The number of rotatable bonds is 4. The molecule has 0 saturated carbocycles. The Balaban J connectivity index is 2.22. The van der Waals surface area contributed by atoms with Gasteiger partial charge >= 0.3 is 0 Å². The quantitative estimate of drug-likeness (QED) is 0.791. The van der Waals surface area contributed by atoms with Crippen LogP contribution in [-0.4, -0.2) is 50.1 Å². The van der Waals surface area contributed by atoms with Crippen molar-refractivity contribution in [2.75, 3.05) is 33.4 Å². The van der Waals surface area contributed by atoms with E-state index in [9.17, 15) is 4.79 Å². The Morgan fingerprint density at radius 2 is 2.15 bits per heavy atom. The fraction of sp³-hybridized carbons (Fsp3) is 0.562. The number of Topliss-reactive ketones (excluding diaryl/α,β-unsaturated/α-hetero) is 1. The standard InChI is InChI=1S/C16H23NO3/c1-5-17-6-7-20-15(10-17)16(18)13-8-12(3)14(19-4)9-11(13)2/h8-9,15H,5-7,10H2,1-4H3. The van der Waals surface area contributed by atoms with Crippen molar-refractivity contribution >= 4 is 5.78 Å². The highest BCUT2D eigenvalue weighted by Crippen LogP contribution is 2.24. The van der Waals surface area contributed by atoms with Gasteiger partial charge in [0.15, 0.2) is 5.78 Å². The molecule has 1 aromatic carbocycles. The minimum Gasteiger partial charge on any atom is -0.496 e. The molecule has 4 nitrogen and oxygen atoms in total. The summed E-state index contributed by atoms with van der Waals surface area (Å²) in [5.41, 5.74) is 2.66. The molecule has 1 fully saturated rings. The lowest BCUT2D eigenvalue weighted by Crippen LogP contribution is -2.46. The first kappa shape index (κ1) is 15.0. The van der Waals surface area contributed by atoms with Crippen LogP contribution in [0.2, 0.25) is 0 Å². The number of carbonyl (C=O) groups excluding carboxylic acids is 1. The number of ether oxygens (including phenoxy) is 2. The number of hydrogen-bond donors (Lipinski definition) is 0. The zero-order valence-corrected chi connectivity index (χ0v) is 12.7. The number of benzene rings is 1. The van der Waals surface area contributed by atoms with Crippen molar-refractivity contribution in [2.45, 2.75) is 26.9 Å². The Bertz CT molecular complexity index is 499. The van der Waals surface area contributed by atoms with Gasteiger partial charge in [-0.15, -0.1) is 0 Å². The molecular formula is C16H23NO3. The van der Waals surface area contributed by atoms with E-state index < -0.39 is 0 Å². The second-order valence-corrected chi connectivity index (χ2v) is 5.25. The van der Waals surface area contributed by atoms with E-state index >= 15 is 0 Å². The van der Waals surface area contributed by atoms with Crippen LogP contribution in [0.4, 0.5) is 0 Å². The highest BCUT2D eigenvalue weighted by molar-refractivity contribution is 6.01. The number of methoxy groups -OCH3 is 1. The first-order valence-corrected chi connectivity index (χ1v) is 7.10. The van der Waals surface area contributed by atoms with E-state index in [0.29, 0.717) is 13.2 Å². The Hall–Kier alpha value is -1.39. The van der Waals surface area contributed by atoms with E-state index in [1.54, 1.807) is 7.11 Å². The second-order valence-electron chi connectivity index (χ2n) is 5.25. The predicted octanol–water partition coefficient (Wildman–Crippen LogP) is 2.22. The number of aryl methyl sites for hydroxylation is 2. The van der Waals surface area contributed by atoms with Gasteiger partial charge in [0.2, 0.25) is 0 Å². The molecule has 1 aliphatic heterocycles. The third-order valence-corrected chi connectivity index (χ3v) is 3.90. The van der Waals surface area contributed by atoms with E-state index in [-0.39, 0.29) is 11.9 Å². The van der Waals surface area contributed by atoms with Crippen LogP contribution in [0.3, 0.4) is 0 Å². The molecule has 1 atom stereocenters. The van der Waals surface area contributed by atoms with Crippen molar-refractivity contribution in [3.05, 3.63) is 28.8 Å². The molecule has 0 aromatic heterocycles. The highest BCUT2D eigenvalue weighted by Gasteiger charge is 2.28. The SMILES string of the molecule is CCN1CCOC(C(=O)c2cc(C)c(OC)cc2C)C1. The Kier molecular flexibility index (Phi) is 4.78. The summed E-state index contributed by atoms with van der Waals surface area (Å²) in [6, 6.07) is 3.83. The van der Waals surface area contributed by atoms with Gasteiger partial charge in [-0.25, -0.2) is 0 Å². The molecule has 1 aromatic rings. The predicted molar refractivity (Wildman–Crippen MR) is 78.7 cm³/mol. The number of nitrogens with zero attached hydrogens (tertiary/aromatic N) is 1. The summed E-state index contributed by atoms with van der Waals surface area (Å²) >= 11 is 0. The lowest BCUT2D eigenvalue weighted by atomic mass is 9.97. The molecule has 20 heavy (non-hydrogen) atoms. The molecule has 110 valence electrons. The number of likely N-dealkylation sites (N-methyl/N-ethyl adjacent to an activating group) is 1. The number of carbonyl (C=O) groups is 1. The maximum Gasteiger partial charge on any atom is 0.193 e. The molecule has 0 N–H and O–H groups in total. The zero-order valence-electron chi connectivity index (χ0n) is 12.7. The Morgan fingerprint density at radius 3 is 2.80 bits per heavy atom. The third-order valence-electron chi connectivity index (χ3n) is 3.90. The second kappa shape index (κ2) is 6.37. The van der Waals surface area contributed by atoms with Crippen LogP contribution in [0.25, 0.3) is 0 Å². The summed E-state index contributed by atoms with van der Waals surface area (Å²) in [5, 5.41) is 0. The highest BCUT2D eigenvalue weighted by atomic mass is 16.5. The van der Waals surface area contributed by atoms with Crippen molar-refractivity contribution in [2.24, 2.45) is 0 Å². The van der Waals surface area contributed by atoms with Crippen LogP contribution in [0.5, 0.6) is 5.75 Å². The van der Waals surface area contributed by atoms with E-state index in [1.807, 2.05) is 26.0 Å². The van der Waals surface area contributed by atoms with Gasteiger partial charge in [-0.05, 0) is 43.7 Å². The maximum atomic E-state index is 12.6. The van der Waals surface area contributed by atoms with E-state index in [0.717, 1.165) is 35.5 Å². The van der Waals surface area contributed by atoms with E-state index in [4.69, 9.17) is 9.47 Å². The minimum absolute atomic E-state index is 0.0754. The fourth-order valence-corrected chi connectivity index (χ4v) is 2.60. The lowest BCUT2D eigenvalue weighted by molar-refractivity contribution is -0.0149. The van der Waals surface area contributed by atoms with Crippen molar-refractivity contribution in [3.63, 3.8) is 0 Å². The molecule has 0 spiro atoms. The summed E-state index contributed by atoms with van der Waals surface area (Å²) < 4.78 is 10.9. The Labute approximate surface area is 120 Å². The van der Waals surface area contributed by atoms with Gasteiger partial charge in [-0.3, -0.25) is 9.69 Å². The number of hydrogen-bond acceptors (Lipinski definition) is 4. The summed E-state index contributed by atoms with van der Waals surface area (Å²) in [7, 11) is 1.65. The average molecular weight is 277 g/mol. The first-order valence-electron chi connectivity index (χ1n) is 7.10. The maximum absolute atomic E-state index is 12.6. The van der Waals surface area contributed by atoms with E-state index in [2.05, 4.69) is 11.8 Å².